The number of aliphatic hydroxyl groups is 1. The largest absolute Gasteiger partial charge is 0.392 e. The second-order valence-electron chi connectivity index (χ2n) is 5.92. The number of nitrogens with zero attached hydrogens (tertiary/aromatic N) is 3. The van der Waals surface area contributed by atoms with Crippen LogP contribution in [0.25, 0.3) is 0 Å². The molecule has 1 aliphatic rings. The SMILES string of the molecule is Cc1ccc(N2CCN(CCN(C)C)CC2)c(CO)c1. The van der Waals surface area contributed by atoms with Gasteiger partial charge < -0.3 is 14.9 Å². The first-order chi connectivity index (χ1) is 9.60. The van der Waals surface area contributed by atoms with Crippen LogP contribution in [-0.2, 0) is 6.61 Å². The maximum atomic E-state index is 9.53. The fourth-order valence-corrected chi connectivity index (χ4v) is 2.70. The zero-order chi connectivity index (χ0) is 14.5. The summed E-state index contributed by atoms with van der Waals surface area (Å²) in [6.07, 6.45) is 0. The Kier molecular flexibility index (Phi) is 5.40. The van der Waals surface area contributed by atoms with E-state index in [9.17, 15) is 5.11 Å². The zero-order valence-electron chi connectivity index (χ0n) is 13.0. The lowest BCUT2D eigenvalue weighted by Crippen LogP contribution is -2.48. The molecule has 0 spiro atoms. The zero-order valence-corrected chi connectivity index (χ0v) is 13.0. The van der Waals surface area contributed by atoms with Gasteiger partial charge in [-0.2, -0.15) is 0 Å². The van der Waals surface area contributed by atoms with Crippen LogP contribution in [-0.4, -0.2) is 68.3 Å². The normalized spacial score (nSPS) is 16.9. The molecule has 1 N–H and O–H groups in total. The summed E-state index contributed by atoms with van der Waals surface area (Å²) in [5, 5.41) is 9.53. The quantitative estimate of drug-likeness (QED) is 0.875. The van der Waals surface area contributed by atoms with Crippen LogP contribution < -0.4 is 4.90 Å². The Balaban J connectivity index is 1.93. The van der Waals surface area contributed by atoms with Crippen molar-refractivity contribution >= 4 is 5.69 Å². The molecule has 0 saturated carbocycles. The van der Waals surface area contributed by atoms with Crippen LogP contribution in [0, 0.1) is 6.92 Å². The van der Waals surface area contributed by atoms with Crippen molar-refractivity contribution in [2.45, 2.75) is 13.5 Å². The van der Waals surface area contributed by atoms with Crippen molar-refractivity contribution in [3.8, 4) is 0 Å². The molecule has 1 aliphatic heterocycles. The summed E-state index contributed by atoms with van der Waals surface area (Å²) in [5.74, 6) is 0. The molecule has 0 unspecified atom stereocenters. The van der Waals surface area contributed by atoms with E-state index in [1.54, 1.807) is 0 Å². The molecule has 1 aromatic carbocycles. The van der Waals surface area contributed by atoms with Crippen molar-refractivity contribution in [1.29, 1.82) is 0 Å². The molecule has 20 heavy (non-hydrogen) atoms. The number of hydrogen-bond donors (Lipinski definition) is 1. The molecule has 0 aliphatic carbocycles. The fourth-order valence-electron chi connectivity index (χ4n) is 2.70. The van der Waals surface area contributed by atoms with Crippen molar-refractivity contribution in [2.75, 3.05) is 58.3 Å². The van der Waals surface area contributed by atoms with Gasteiger partial charge in [-0.25, -0.2) is 0 Å². The third kappa shape index (κ3) is 3.95. The third-order valence-corrected chi connectivity index (χ3v) is 3.98. The molecule has 0 amide bonds. The second kappa shape index (κ2) is 7.07. The van der Waals surface area contributed by atoms with E-state index in [0.717, 1.165) is 44.8 Å². The Labute approximate surface area is 122 Å². The molecule has 0 bridgehead atoms. The molecule has 0 radical (unpaired) electrons. The average molecular weight is 277 g/mol. The molecule has 1 aromatic rings. The molecule has 112 valence electrons. The lowest BCUT2D eigenvalue weighted by atomic mass is 10.1. The van der Waals surface area contributed by atoms with Crippen molar-refractivity contribution in [3.05, 3.63) is 29.3 Å². The second-order valence-corrected chi connectivity index (χ2v) is 5.92. The Morgan fingerprint density at radius 3 is 2.45 bits per heavy atom. The van der Waals surface area contributed by atoms with Gasteiger partial charge in [0, 0.05) is 50.5 Å². The number of aryl methyl sites for hydroxylation is 1. The highest BCUT2D eigenvalue weighted by Gasteiger charge is 2.18. The minimum Gasteiger partial charge on any atom is -0.392 e. The van der Waals surface area contributed by atoms with Gasteiger partial charge in [0.1, 0.15) is 0 Å². The van der Waals surface area contributed by atoms with Crippen LogP contribution in [0.3, 0.4) is 0 Å². The van der Waals surface area contributed by atoms with Gasteiger partial charge in [-0.3, -0.25) is 4.90 Å². The van der Waals surface area contributed by atoms with E-state index in [1.165, 1.54) is 11.3 Å². The first-order valence-electron chi connectivity index (χ1n) is 7.42. The fraction of sp³-hybridized carbons (Fsp3) is 0.625. The summed E-state index contributed by atoms with van der Waals surface area (Å²) in [4.78, 5) is 7.15. The summed E-state index contributed by atoms with van der Waals surface area (Å²) in [7, 11) is 4.24. The predicted octanol–water partition coefficient (Wildman–Crippen LogP) is 1.17. The Hall–Kier alpha value is -1.10. The van der Waals surface area contributed by atoms with Gasteiger partial charge in [0.05, 0.1) is 6.61 Å². The highest BCUT2D eigenvalue weighted by Crippen LogP contribution is 2.23. The van der Waals surface area contributed by atoms with Crippen LogP contribution in [0.5, 0.6) is 0 Å². The van der Waals surface area contributed by atoms with Crippen LogP contribution in [0.4, 0.5) is 5.69 Å². The van der Waals surface area contributed by atoms with E-state index in [4.69, 9.17) is 0 Å². The summed E-state index contributed by atoms with van der Waals surface area (Å²) >= 11 is 0. The summed E-state index contributed by atoms with van der Waals surface area (Å²) in [6.45, 7) is 8.75. The number of anilines is 1. The minimum absolute atomic E-state index is 0.123. The van der Waals surface area contributed by atoms with E-state index >= 15 is 0 Å². The van der Waals surface area contributed by atoms with E-state index in [2.05, 4.69) is 53.9 Å². The number of likely N-dealkylation sites (N-methyl/N-ethyl adjacent to an activating group) is 1. The van der Waals surface area contributed by atoms with Gasteiger partial charge in [-0.1, -0.05) is 17.7 Å². The molecular formula is C16H27N3O. The van der Waals surface area contributed by atoms with Crippen LogP contribution >= 0.6 is 0 Å². The molecular weight excluding hydrogens is 250 g/mol. The summed E-state index contributed by atoms with van der Waals surface area (Å²) in [6, 6.07) is 6.37. The van der Waals surface area contributed by atoms with E-state index in [-0.39, 0.29) is 6.61 Å². The first kappa shape index (κ1) is 15.3. The maximum Gasteiger partial charge on any atom is 0.0702 e. The molecule has 1 heterocycles. The molecule has 1 fully saturated rings. The lowest BCUT2D eigenvalue weighted by molar-refractivity contribution is 0.229. The highest BCUT2D eigenvalue weighted by atomic mass is 16.3. The predicted molar refractivity (Wildman–Crippen MR) is 84.3 cm³/mol. The van der Waals surface area contributed by atoms with Crippen molar-refractivity contribution in [1.82, 2.24) is 9.80 Å². The number of piperazine rings is 1. The van der Waals surface area contributed by atoms with E-state index in [1.807, 2.05) is 0 Å². The molecule has 1 saturated heterocycles. The summed E-state index contributed by atoms with van der Waals surface area (Å²) in [5.41, 5.74) is 3.46. The first-order valence-corrected chi connectivity index (χ1v) is 7.42. The monoisotopic (exact) mass is 277 g/mol. The van der Waals surface area contributed by atoms with Crippen molar-refractivity contribution in [3.63, 3.8) is 0 Å². The molecule has 4 nitrogen and oxygen atoms in total. The third-order valence-electron chi connectivity index (χ3n) is 3.98. The van der Waals surface area contributed by atoms with E-state index in [0.29, 0.717) is 0 Å². The van der Waals surface area contributed by atoms with Gasteiger partial charge in [0.25, 0.3) is 0 Å². The van der Waals surface area contributed by atoms with Gasteiger partial charge in [0.2, 0.25) is 0 Å². The maximum absolute atomic E-state index is 9.53. The van der Waals surface area contributed by atoms with Crippen LogP contribution in [0.2, 0.25) is 0 Å². The number of benzene rings is 1. The van der Waals surface area contributed by atoms with Crippen molar-refractivity contribution < 1.29 is 5.11 Å². The van der Waals surface area contributed by atoms with Gasteiger partial charge in [-0.15, -0.1) is 0 Å². The standard InChI is InChI=1S/C16H27N3O/c1-14-4-5-16(15(12-14)13-20)19-10-8-18(9-11-19)7-6-17(2)3/h4-5,12,20H,6-11,13H2,1-3H3. The van der Waals surface area contributed by atoms with Crippen molar-refractivity contribution in [2.24, 2.45) is 0 Å². The average Bonchev–Trinajstić information content (AvgIpc) is 2.45. The number of hydrogen-bond acceptors (Lipinski definition) is 4. The molecule has 2 rings (SSSR count). The summed E-state index contributed by atoms with van der Waals surface area (Å²) < 4.78 is 0. The molecule has 4 heteroatoms. The van der Waals surface area contributed by atoms with Crippen LogP contribution in [0.1, 0.15) is 11.1 Å². The smallest absolute Gasteiger partial charge is 0.0702 e. The Morgan fingerprint density at radius 2 is 1.85 bits per heavy atom. The van der Waals surface area contributed by atoms with Gasteiger partial charge in [0.15, 0.2) is 0 Å². The highest BCUT2D eigenvalue weighted by molar-refractivity contribution is 5.55. The van der Waals surface area contributed by atoms with Gasteiger partial charge >= 0.3 is 0 Å². The topological polar surface area (TPSA) is 30.0 Å². The van der Waals surface area contributed by atoms with E-state index < -0.39 is 0 Å². The number of aliphatic hydroxyl groups excluding tert-OH is 1. The lowest BCUT2D eigenvalue weighted by Gasteiger charge is -2.37. The molecule has 0 aromatic heterocycles. The number of rotatable bonds is 5. The minimum atomic E-state index is 0.123. The Morgan fingerprint density at radius 1 is 1.15 bits per heavy atom. The van der Waals surface area contributed by atoms with Crippen LogP contribution in [0.15, 0.2) is 18.2 Å². The Bertz CT molecular complexity index is 426. The molecule has 0 atom stereocenters. The van der Waals surface area contributed by atoms with Gasteiger partial charge in [-0.05, 0) is 27.1 Å².